The second-order valence-corrected chi connectivity index (χ2v) is 8.76. The number of rotatable bonds is 3. The maximum Gasteiger partial charge on any atom is 0.238 e. The summed E-state index contributed by atoms with van der Waals surface area (Å²) in [7, 11) is 0. The molecule has 0 aromatic heterocycles. The maximum absolute atomic E-state index is 14.0. The van der Waals surface area contributed by atoms with Crippen molar-refractivity contribution in [2.75, 3.05) is 16.0 Å². The second kappa shape index (κ2) is 7.35. The number of hydrogen-bond donors (Lipinski definition) is 1. The Labute approximate surface area is 163 Å². The summed E-state index contributed by atoms with van der Waals surface area (Å²) in [6.45, 7) is 7.25. The number of aryl methyl sites for hydroxylation is 1. The Balaban J connectivity index is 1.90. The first-order chi connectivity index (χ1) is 12.7. The molecule has 0 saturated carbocycles. The molecule has 0 bridgehead atoms. The van der Waals surface area contributed by atoms with Crippen molar-refractivity contribution in [3.05, 3.63) is 59.4 Å². The fourth-order valence-electron chi connectivity index (χ4n) is 2.77. The molecule has 2 aromatic carbocycles. The van der Waals surface area contributed by atoms with Crippen LogP contribution in [0.1, 0.15) is 37.3 Å². The minimum absolute atomic E-state index is 0.0580. The molecule has 1 unspecified atom stereocenters. The van der Waals surface area contributed by atoms with Crippen molar-refractivity contribution in [3.8, 4) is 0 Å². The van der Waals surface area contributed by atoms with Crippen LogP contribution in [-0.2, 0) is 9.59 Å². The molecule has 1 aliphatic rings. The second-order valence-electron chi connectivity index (χ2n) is 7.69. The number of hydrogen-bond acceptors (Lipinski definition) is 3. The molecule has 1 fully saturated rings. The standard InChI is InChI=1S/C21H23FN2O2S/c1-13-8-9-16(11-17(13)22)24-18(25)12-27-19(24)14-6-5-7-15(10-14)23-20(26)21(2,3)4/h5-11,19H,12H2,1-4H3,(H,23,26). The predicted molar refractivity (Wildman–Crippen MR) is 108 cm³/mol. The van der Waals surface area contributed by atoms with Gasteiger partial charge in [0.05, 0.1) is 5.75 Å². The van der Waals surface area contributed by atoms with Crippen LogP contribution in [0.25, 0.3) is 0 Å². The molecule has 1 aliphatic heterocycles. The lowest BCUT2D eigenvalue weighted by molar-refractivity contribution is -0.123. The average Bonchev–Trinajstić information content (AvgIpc) is 2.98. The van der Waals surface area contributed by atoms with E-state index in [4.69, 9.17) is 0 Å². The van der Waals surface area contributed by atoms with Gasteiger partial charge in [0.1, 0.15) is 11.2 Å². The number of nitrogens with zero attached hydrogens (tertiary/aromatic N) is 1. The van der Waals surface area contributed by atoms with Crippen LogP contribution in [0.15, 0.2) is 42.5 Å². The highest BCUT2D eigenvalue weighted by molar-refractivity contribution is 8.00. The quantitative estimate of drug-likeness (QED) is 0.816. The molecular weight excluding hydrogens is 363 g/mol. The van der Waals surface area contributed by atoms with E-state index in [9.17, 15) is 14.0 Å². The fourth-order valence-corrected chi connectivity index (χ4v) is 3.94. The van der Waals surface area contributed by atoms with Crippen LogP contribution in [0.3, 0.4) is 0 Å². The zero-order chi connectivity index (χ0) is 19.8. The molecule has 4 nitrogen and oxygen atoms in total. The van der Waals surface area contributed by atoms with Crippen molar-refractivity contribution in [2.45, 2.75) is 33.1 Å². The van der Waals surface area contributed by atoms with Gasteiger partial charge in [-0.1, -0.05) is 39.0 Å². The summed E-state index contributed by atoms with van der Waals surface area (Å²) in [5, 5.41) is 2.66. The van der Waals surface area contributed by atoms with Crippen molar-refractivity contribution in [3.63, 3.8) is 0 Å². The van der Waals surface area contributed by atoms with Gasteiger partial charge in [0.25, 0.3) is 0 Å². The number of amides is 2. The lowest BCUT2D eigenvalue weighted by Gasteiger charge is -2.25. The molecule has 2 amide bonds. The van der Waals surface area contributed by atoms with Crippen LogP contribution in [0.2, 0.25) is 0 Å². The number of carbonyl (C=O) groups is 2. The van der Waals surface area contributed by atoms with Crippen LogP contribution < -0.4 is 10.2 Å². The van der Waals surface area contributed by atoms with E-state index < -0.39 is 5.41 Å². The topological polar surface area (TPSA) is 49.4 Å². The molecule has 1 heterocycles. The molecule has 1 atom stereocenters. The minimum Gasteiger partial charge on any atom is -0.326 e. The molecule has 0 radical (unpaired) electrons. The van der Waals surface area contributed by atoms with Crippen molar-refractivity contribution >= 4 is 35.0 Å². The number of anilines is 2. The Morgan fingerprint density at radius 2 is 1.96 bits per heavy atom. The van der Waals surface area contributed by atoms with Gasteiger partial charge in [-0.2, -0.15) is 0 Å². The van der Waals surface area contributed by atoms with Crippen molar-refractivity contribution < 1.29 is 14.0 Å². The van der Waals surface area contributed by atoms with Crippen LogP contribution in [0, 0.1) is 18.2 Å². The predicted octanol–water partition coefficient (Wildman–Crippen LogP) is 4.90. The smallest absolute Gasteiger partial charge is 0.238 e. The maximum atomic E-state index is 14.0. The summed E-state index contributed by atoms with van der Waals surface area (Å²) in [6.07, 6.45) is 0. The number of halogens is 1. The Morgan fingerprint density at radius 3 is 2.63 bits per heavy atom. The Morgan fingerprint density at radius 1 is 1.22 bits per heavy atom. The molecule has 1 N–H and O–H groups in total. The summed E-state index contributed by atoms with van der Waals surface area (Å²) >= 11 is 1.49. The summed E-state index contributed by atoms with van der Waals surface area (Å²) in [5.41, 5.74) is 2.16. The molecule has 2 aromatic rings. The van der Waals surface area contributed by atoms with E-state index in [1.165, 1.54) is 17.8 Å². The van der Waals surface area contributed by atoms with Crippen molar-refractivity contribution in [1.29, 1.82) is 0 Å². The van der Waals surface area contributed by atoms with Gasteiger partial charge < -0.3 is 5.32 Å². The Bertz CT molecular complexity index is 892. The lowest BCUT2D eigenvalue weighted by atomic mass is 9.95. The first-order valence-corrected chi connectivity index (χ1v) is 9.83. The Hall–Kier alpha value is -2.34. The summed E-state index contributed by atoms with van der Waals surface area (Å²) in [6, 6.07) is 12.3. The van der Waals surface area contributed by atoms with Gasteiger partial charge in [-0.05, 0) is 42.3 Å². The van der Waals surface area contributed by atoms with Crippen LogP contribution in [-0.4, -0.2) is 17.6 Å². The highest BCUT2D eigenvalue weighted by Crippen LogP contribution is 2.42. The number of carbonyl (C=O) groups excluding carboxylic acids is 2. The molecule has 1 saturated heterocycles. The highest BCUT2D eigenvalue weighted by atomic mass is 32.2. The van der Waals surface area contributed by atoms with Crippen molar-refractivity contribution in [1.82, 2.24) is 0 Å². The van der Waals surface area contributed by atoms with Gasteiger partial charge >= 0.3 is 0 Å². The molecule has 0 spiro atoms. The summed E-state index contributed by atoms with van der Waals surface area (Å²) < 4.78 is 14.0. The normalized spacial score (nSPS) is 17.3. The molecule has 27 heavy (non-hydrogen) atoms. The lowest BCUT2D eigenvalue weighted by Crippen LogP contribution is -2.29. The first kappa shape index (κ1) is 19.4. The van der Waals surface area contributed by atoms with E-state index >= 15 is 0 Å². The highest BCUT2D eigenvalue weighted by Gasteiger charge is 2.34. The van der Waals surface area contributed by atoms with E-state index in [-0.39, 0.29) is 23.0 Å². The first-order valence-electron chi connectivity index (χ1n) is 8.78. The molecule has 3 rings (SSSR count). The summed E-state index contributed by atoms with van der Waals surface area (Å²) in [5.74, 6) is -0.134. The van der Waals surface area contributed by atoms with Gasteiger partial charge in [-0.3, -0.25) is 14.5 Å². The van der Waals surface area contributed by atoms with Crippen LogP contribution in [0.4, 0.5) is 15.8 Å². The van der Waals surface area contributed by atoms with Gasteiger partial charge in [-0.25, -0.2) is 4.39 Å². The third-order valence-corrected chi connectivity index (χ3v) is 5.62. The molecular formula is C21H23FN2O2S. The van der Waals surface area contributed by atoms with E-state index in [1.807, 2.05) is 45.0 Å². The third-order valence-electron chi connectivity index (χ3n) is 4.41. The monoisotopic (exact) mass is 386 g/mol. The van der Waals surface area contributed by atoms with E-state index in [0.29, 0.717) is 22.7 Å². The molecule has 0 aliphatic carbocycles. The number of nitrogens with one attached hydrogen (secondary N) is 1. The van der Waals surface area contributed by atoms with E-state index in [0.717, 1.165) is 5.56 Å². The molecule has 6 heteroatoms. The molecule has 142 valence electrons. The van der Waals surface area contributed by atoms with Gasteiger partial charge in [-0.15, -0.1) is 11.8 Å². The minimum atomic E-state index is -0.500. The largest absolute Gasteiger partial charge is 0.326 e. The summed E-state index contributed by atoms with van der Waals surface area (Å²) in [4.78, 5) is 26.3. The Kier molecular flexibility index (Phi) is 5.29. The van der Waals surface area contributed by atoms with Gasteiger partial charge in [0.2, 0.25) is 11.8 Å². The van der Waals surface area contributed by atoms with E-state index in [1.54, 1.807) is 24.0 Å². The zero-order valence-electron chi connectivity index (χ0n) is 15.9. The average molecular weight is 386 g/mol. The van der Waals surface area contributed by atoms with E-state index in [2.05, 4.69) is 5.32 Å². The van der Waals surface area contributed by atoms with Crippen LogP contribution in [0.5, 0.6) is 0 Å². The zero-order valence-corrected chi connectivity index (χ0v) is 16.7. The number of thioether (sulfide) groups is 1. The number of benzene rings is 2. The third kappa shape index (κ3) is 4.16. The SMILES string of the molecule is Cc1ccc(N2C(=O)CSC2c2cccc(NC(=O)C(C)(C)C)c2)cc1F. The van der Waals surface area contributed by atoms with Gasteiger partial charge in [0, 0.05) is 16.8 Å². The van der Waals surface area contributed by atoms with Crippen LogP contribution >= 0.6 is 11.8 Å². The van der Waals surface area contributed by atoms with Crippen molar-refractivity contribution in [2.24, 2.45) is 5.41 Å². The van der Waals surface area contributed by atoms with Gasteiger partial charge in [0.15, 0.2) is 0 Å². The fraction of sp³-hybridized carbons (Fsp3) is 0.333.